The van der Waals surface area contributed by atoms with Crippen LogP contribution in [-0.2, 0) is 67.0 Å². The molecule has 109 heavy (non-hydrogen) atoms. The molecule has 0 aromatic carbocycles. The van der Waals surface area contributed by atoms with Gasteiger partial charge in [-0.2, -0.15) is 26.3 Å². The first-order chi connectivity index (χ1) is 51.4. The van der Waals surface area contributed by atoms with Crippen molar-refractivity contribution in [1.29, 1.82) is 0 Å². The third-order valence-electron chi connectivity index (χ3n) is 24.8. The Hall–Kier alpha value is -7.00. The summed E-state index contributed by atoms with van der Waals surface area (Å²) >= 11 is 0. The van der Waals surface area contributed by atoms with Gasteiger partial charge in [0.2, 0.25) is 70.9 Å². The van der Waals surface area contributed by atoms with E-state index >= 15 is 37.5 Å². The van der Waals surface area contributed by atoms with Gasteiger partial charge in [0, 0.05) is 81.5 Å². The summed E-state index contributed by atoms with van der Waals surface area (Å²) in [5, 5.41) is 8.40. The molecule has 4 aliphatic carbocycles. The van der Waals surface area contributed by atoms with Gasteiger partial charge in [-0.15, -0.1) is 0 Å². The van der Waals surface area contributed by atoms with Crippen molar-refractivity contribution in [1.82, 2.24) is 60.0 Å². The fourth-order valence-electron chi connectivity index (χ4n) is 17.7. The number of morpholine rings is 1. The molecule has 8 rings (SSSR count). The van der Waals surface area contributed by atoms with Crippen LogP contribution in [0.1, 0.15) is 182 Å². The van der Waals surface area contributed by atoms with Crippen molar-refractivity contribution in [2.45, 2.75) is 266 Å². The Balaban J connectivity index is 1.20. The Kier molecular flexibility index (Phi) is 30.5. The van der Waals surface area contributed by atoms with Crippen LogP contribution >= 0.6 is 0 Å². The van der Waals surface area contributed by atoms with Crippen molar-refractivity contribution < 1.29 is 102 Å². The molecule has 12 amide bonds. The van der Waals surface area contributed by atoms with Crippen molar-refractivity contribution in [2.75, 3.05) is 101 Å². The molecule has 2 bridgehead atoms. The van der Waals surface area contributed by atoms with E-state index in [0.29, 0.717) is 57.8 Å². The normalized spacial score (nSPS) is 32.5. The number of carbonyl (C=O) groups is 12. The second-order valence-corrected chi connectivity index (χ2v) is 32.0. The van der Waals surface area contributed by atoms with Gasteiger partial charge in [0.25, 0.3) is 0 Å². The predicted molar refractivity (Wildman–Crippen MR) is 381 cm³/mol. The highest BCUT2D eigenvalue weighted by Gasteiger charge is 2.56. The third-order valence-corrected chi connectivity index (χ3v) is 24.8. The summed E-state index contributed by atoms with van der Waals surface area (Å²) < 4.78 is 127. The molecular formula is C75H116F8N12O14. The molecule has 2 unspecified atom stereocenters. The fourth-order valence-corrected chi connectivity index (χ4v) is 17.7. The van der Waals surface area contributed by atoms with Crippen LogP contribution in [0.2, 0.25) is 0 Å². The SMILES string of the molecule is CCO[C@@H]1C[C@H]2C(=O)NC3(CCC3)C(=O)N(C)[C@@H](C3CCCC3)C(=O)N(C)[C@H](C(=O)N3CCOCC3)CC(=O)N(C)[C@@H](CC)C(=O)N[C@@H]([C@@H](C)CC)C(=O)N(C)CC(=O)N(C)[C@H]3CCCCCN(C3=O)[C@@H](CC3CCC(C(F)(F)F)CC3)C(=O)N(C)CC(=O)N[C@@H](CCC3CC(F)C(C(F)(F)F)C(F)C3)C(=O)N2C1. The first kappa shape index (κ1) is 87.6. The van der Waals surface area contributed by atoms with E-state index in [1.54, 1.807) is 27.7 Å². The van der Waals surface area contributed by atoms with E-state index in [-0.39, 0.29) is 117 Å². The molecular weight excluding hydrogens is 1440 g/mol. The number of alkyl halides is 8. The van der Waals surface area contributed by atoms with Gasteiger partial charge in [-0.25, -0.2) is 8.78 Å². The Morgan fingerprint density at radius 3 is 1.80 bits per heavy atom. The number of carbonyl (C=O) groups excluding carboxylic acids is 12. The van der Waals surface area contributed by atoms with E-state index in [1.807, 2.05) is 0 Å². The number of hydrogen-bond donors (Lipinski definition) is 3. The van der Waals surface area contributed by atoms with Crippen molar-refractivity contribution in [3.63, 3.8) is 0 Å². The highest BCUT2D eigenvalue weighted by atomic mass is 19.4. The van der Waals surface area contributed by atoms with E-state index in [9.17, 15) is 55.1 Å². The first-order valence-corrected chi connectivity index (χ1v) is 39.4. The van der Waals surface area contributed by atoms with E-state index < -0.39 is 230 Å². The van der Waals surface area contributed by atoms with Gasteiger partial charge in [-0.3, -0.25) is 57.5 Å². The number of amides is 12. The van der Waals surface area contributed by atoms with Crippen LogP contribution in [0.15, 0.2) is 0 Å². The number of ether oxygens (including phenoxy) is 2. The van der Waals surface area contributed by atoms with E-state index in [4.69, 9.17) is 9.47 Å². The molecule has 3 N–H and O–H groups in total. The zero-order valence-corrected chi connectivity index (χ0v) is 64.9. The molecule has 26 nitrogen and oxygen atoms in total. The Bertz CT molecular complexity index is 3210. The summed E-state index contributed by atoms with van der Waals surface area (Å²) in [5.41, 5.74) is -1.69. The molecule has 0 aromatic heterocycles. The van der Waals surface area contributed by atoms with E-state index in [2.05, 4.69) is 16.0 Å². The van der Waals surface area contributed by atoms with Crippen LogP contribution in [0.4, 0.5) is 35.1 Å². The molecule has 4 heterocycles. The van der Waals surface area contributed by atoms with Gasteiger partial charge >= 0.3 is 12.4 Å². The van der Waals surface area contributed by atoms with Gasteiger partial charge in [0.05, 0.1) is 44.7 Å². The summed E-state index contributed by atoms with van der Waals surface area (Å²) in [6.07, 6.45) is -15.3. The smallest absolute Gasteiger partial charge is 0.378 e. The minimum Gasteiger partial charge on any atom is -0.378 e. The lowest BCUT2D eigenvalue weighted by Crippen LogP contribution is -2.68. The zero-order chi connectivity index (χ0) is 80.3. The summed E-state index contributed by atoms with van der Waals surface area (Å²) in [6.45, 7) is 5.52. The van der Waals surface area contributed by atoms with Crippen LogP contribution in [0.5, 0.6) is 0 Å². The van der Waals surface area contributed by atoms with Gasteiger partial charge < -0.3 is 69.5 Å². The standard InChI is InChI=1S/C75H116F8N12O14/c1-11-44(4)62-70(105)88(6)43-60(98)90(8)54-22-15-14-18-31-94(69(54)104)57(38-45-23-26-48(27-24-45)74(78,79)80)67(102)87(5)42-58(96)84-52(28-25-46-36-50(76)61(51(77)37-46)75(81,82)83)66(101)95-41-49(109-13-3)39-55(95)65(100)86-73(29-19-30-73)72(107)92(10)63(47-20-16-17-21-47)71(106)91(9)56(68(103)93-32-34-108-35-33-93)40-59(97)89(7)53(12-2)64(99)85-62/h44-57,61-63H,11-43H2,1-10H3,(H,84,96)(H,85,99)(H,86,100)/t44-,45?,46?,48?,49+,50?,51?,52-,53-,54-,55-,56-,57-,61?,62-,63-/m0/s1. The fraction of sp³-hybridized carbons (Fsp3) is 0.840. The molecule has 1 spiro atoms. The number of halogens is 8. The second kappa shape index (κ2) is 38.0. The highest BCUT2D eigenvalue weighted by Crippen LogP contribution is 2.46. The second-order valence-electron chi connectivity index (χ2n) is 32.0. The molecule has 4 saturated carbocycles. The summed E-state index contributed by atoms with van der Waals surface area (Å²) in [4.78, 5) is 192. The minimum absolute atomic E-state index is 0.00131. The molecule has 0 radical (unpaired) electrons. The molecule has 8 aliphatic rings. The molecule has 8 fully saturated rings. The lowest BCUT2D eigenvalue weighted by atomic mass is 9.74. The maximum Gasteiger partial charge on any atom is 0.397 e. The monoisotopic (exact) mass is 1560 g/mol. The number of rotatable bonds is 12. The molecule has 0 aromatic rings. The number of fused-ring (bicyclic) bond motifs is 3. The number of hydrogen-bond acceptors (Lipinski definition) is 14. The lowest BCUT2D eigenvalue weighted by Gasteiger charge is -2.47. The van der Waals surface area contributed by atoms with Crippen molar-refractivity contribution >= 4 is 70.9 Å². The molecule has 34 heteroatoms. The average molecular weight is 1560 g/mol. The summed E-state index contributed by atoms with van der Waals surface area (Å²) in [6, 6.07) is -11.2. The van der Waals surface area contributed by atoms with Crippen LogP contribution in [0.3, 0.4) is 0 Å². The van der Waals surface area contributed by atoms with Crippen molar-refractivity contribution in [2.24, 2.45) is 35.5 Å². The molecule has 12 atom stereocenters. The Morgan fingerprint density at radius 2 is 1.22 bits per heavy atom. The highest BCUT2D eigenvalue weighted by molar-refractivity contribution is 6.01. The van der Waals surface area contributed by atoms with Crippen molar-refractivity contribution in [3.8, 4) is 0 Å². The van der Waals surface area contributed by atoms with Crippen LogP contribution in [0, 0.1) is 35.5 Å². The summed E-state index contributed by atoms with van der Waals surface area (Å²) in [7, 11) is 8.06. The number of nitrogens with zero attached hydrogens (tertiary/aromatic N) is 9. The summed E-state index contributed by atoms with van der Waals surface area (Å²) in [5.74, 6) is -16.6. The topological polar surface area (TPSA) is 289 Å². The van der Waals surface area contributed by atoms with Gasteiger partial charge in [0.1, 0.15) is 72.1 Å². The van der Waals surface area contributed by atoms with Crippen LogP contribution < -0.4 is 16.0 Å². The minimum atomic E-state index is -5.22. The largest absolute Gasteiger partial charge is 0.397 e. The van der Waals surface area contributed by atoms with Gasteiger partial charge in [0.15, 0.2) is 0 Å². The average Bonchev–Trinajstić information content (AvgIpc) is 1.64. The molecule has 616 valence electrons. The van der Waals surface area contributed by atoms with Crippen molar-refractivity contribution in [3.05, 3.63) is 0 Å². The zero-order valence-electron chi connectivity index (χ0n) is 64.9. The molecule has 4 aliphatic heterocycles. The van der Waals surface area contributed by atoms with Gasteiger partial charge in [-0.05, 0) is 140 Å². The number of likely N-dealkylation sites (N-methyl/N-ethyl adjacent to an activating group) is 6. The lowest BCUT2D eigenvalue weighted by molar-refractivity contribution is -0.219. The van der Waals surface area contributed by atoms with E-state index in [0.717, 1.165) is 29.4 Å². The Labute approximate surface area is 634 Å². The third kappa shape index (κ3) is 21.0. The van der Waals surface area contributed by atoms with Gasteiger partial charge in [-0.1, -0.05) is 52.9 Å². The first-order valence-electron chi connectivity index (χ1n) is 39.4. The number of nitrogens with one attached hydrogen (secondary N) is 3. The van der Waals surface area contributed by atoms with Crippen LogP contribution in [0.25, 0.3) is 0 Å². The maximum absolute atomic E-state index is 15.7. The quantitative estimate of drug-likeness (QED) is 0.197. The van der Waals surface area contributed by atoms with Crippen LogP contribution in [-0.4, -0.2) is 301 Å². The molecule has 4 saturated heterocycles. The predicted octanol–water partition coefficient (Wildman–Crippen LogP) is 5.71. The Morgan fingerprint density at radius 1 is 0.596 bits per heavy atom. The maximum atomic E-state index is 15.7. The van der Waals surface area contributed by atoms with E-state index in [1.165, 1.54) is 57.0 Å².